The Morgan fingerprint density at radius 3 is 2.24 bits per heavy atom. The Hall–Kier alpha value is -2.87. The fourth-order valence-corrected chi connectivity index (χ4v) is 3.18. The Morgan fingerprint density at radius 1 is 1.00 bits per heavy atom. The van der Waals surface area contributed by atoms with Crippen LogP contribution in [0.1, 0.15) is 23.2 Å². The standard InChI is InChI=1S/C17H16N2O5S/c20-15-4-2-1-3-14(15)17(22)19-25(23,24)13-9-7-12(8-10-13)18-16(21)11-5-6-11/h1-4,7-11,20H,5-6H2,(H,18,21)(H,19,22). The van der Waals surface area contributed by atoms with E-state index in [1.54, 1.807) is 0 Å². The molecule has 1 fully saturated rings. The van der Waals surface area contributed by atoms with Gasteiger partial charge in [0.15, 0.2) is 0 Å². The third-order valence-electron chi connectivity index (χ3n) is 3.76. The molecule has 0 saturated heterocycles. The summed E-state index contributed by atoms with van der Waals surface area (Å²) in [5.74, 6) is -1.28. The molecule has 8 heteroatoms. The Bertz CT molecular complexity index is 918. The van der Waals surface area contributed by atoms with Crippen LogP contribution in [0, 0.1) is 5.92 Å². The zero-order chi connectivity index (χ0) is 18.0. The van der Waals surface area contributed by atoms with Gasteiger partial charge in [-0.3, -0.25) is 9.59 Å². The molecule has 0 atom stereocenters. The van der Waals surface area contributed by atoms with Crippen LogP contribution in [0.15, 0.2) is 53.4 Å². The van der Waals surface area contributed by atoms with E-state index in [1.807, 2.05) is 4.72 Å². The second-order valence-corrected chi connectivity index (χ2v) is 7.42. The van der Waals surface area contributed by atoms with Gasteiger partial charge in [0.1, 0.15) is 5.75 Å². The number of carbonyl (C=O) groups is 2. The SMILES string of the molecule is O=C(NS(=O)(=O)c1ccc(NC(=O)C2CC2)cc1)c1ccccc1O. The normalized spacial score (nSPS) is 13.9. The minimum absolute atomic E-state index is 0.0428. The highest BCUT2D eigenvalue weighted by Crippen LogP contribution is 2.30. The van der Waals surface area contributed by atoms with Gasteiger partial charge in [-0.25, -0.2) is 13.1 Å². The highest BCUT2D eigenvalue weighted by atomic mass is 32.2. The van der Waals surface area contributed by atoms with Crippen LogP contribution in [0.3, 0.4) is 0 Å². The Labute approximate surface area is 144 Å². The summed E-state index contributed by atoms with van der Waals surface area (Å²) in [5, 5.41) is 12.3. The van der Waals surface area contributed by atoms with Crippen LogP contribution in [0.2, 0.25) is 0 Å². The molecule has 1 saturated carbocycles. The van der Waals surface area contributed by atoms with Gasteiger partial charge in [0.25, 0.3) is 15.9 Å². The number of rotatable bonds is 5. The van der Waals surface area contributed by atoms with Crippen molar-refractivity contribution < 1.29 is 23.1 Å². The molecule has 3 N–H and O–H groups in total. The second kappa shape index (κ2) is 6.56. The van der Waals surface area contributed by atoms with Gasteiger partial charge in [0, 0.05) is 11.6 Å². The van der Waals surface area contributed by atoms with Crippen molar-refractivity contribution in [3.63, 3.8) is 0 Å². The number of anilines is 1. The number of nitrogens with one attached hydrogen (secondary N) is 2. The van der Waals surface area contributed by atoms with Crippen LogP contribution in [0.4, 0.5) is 5.69 Å². The van der Waals surface area contributed by atoms with E-state index in [1.165, 1.54) is 48.5 Å². The van der Waals surface area contributed by atoms with Crippen molar-refractivity contribution in [2.75, 3.05) is 5.32 Å². The molecule has 1 aliphatic rings. The van der Waals surface area contributed by atoms with Crippen molar-refractivity contribution in [2.45, 2.75) is 17.7 Å². The zero-order valence-electron chi connectivity index (χ0n) is 13.1. The van der Waals surface area contributed by atoms with Crippen LogP contribution in [0.25, 0.3) is 0 Å². The van der Waals surface area contributed by atoms with E-state index in [9.17, 15) is 23.1 Å². The smallest absolute Gasteiger partial charge is 0.268 e. The van der Waals surface area contributed by atoms with Gasteiger partial charge in [-0.2, -0.15) is 0 Å². The quantitative estimate of drug-likeness (QED) is 0.753. The van der Waals surface area contributed by atoms with Gasteiger partial charge < -0.3 is 10.4 Å². The largest absolute Gasteiger partial charge is 0.507 e. The number of hydrogen-bond donors (Lipinski definition) is 3. The van der Waals surface area contributed by atoms with Crippen molar-refractivity contribution in [3.05, 3.63) is 54.1 Å². The molecule has 0 spiro atoms. The first-order valence-electron chi connectivity index (χ1n) is 7.63. The summed E-state index contributed by atoms with van der Waals surface area (Å²) in [5.41, 5.74) is 0.349. The van der Waals surface area contributed by atoms with Crippen molar-refractivity contribution in [1.29, 1.82) is 0 Å². The molecule has 1 aliphatic carbocycles. The number of amides is 2. The number of phenols is 1. The molecule has 0 aliphatic heterocycles. The number of carbonyl (C=O) groups excluding carboxylic acids is 2. The molecule has 0 aromatic heterocycles. The van der Waals surface area contributed by atoms with Gasteiger partial charge in [0.2, 0.25) is 5.91 Å². The van der Waals surface area contributed by atoms with Crippen LogP contribution in [0.5, 0.6) is 5.75 Å². The maximum atomic E-state index is 12.3. The van der Waals surface area contributed by atoms with Crippen molar-refractivity contribution in [3.8, 4) is 5.75 Å². The third kappa shape index (κ3) is 3.97. The number of aromatic hydroxyl groups is 1. The van der Waals surface area contributed by atoms with Crippen molar-refractivity contribution in [1.82, 2.24) is 4.72 Å². The third-order valence-corrected chi connectivity index (χ3v) is 5.10. The molecule has 2 amide bonds. The van der Waals surface area contributed by atoms with Gasteiger partial charge in [-0.1, -0.05) is 12.1 Å². The van der Waals surface area contributed by atoms with E-state index < -0.39 is 15.9 Å². The summed E-state index contributed by atoms with van der Waals surface area (Å²) in [6.07, 6.45) is 1.74. The number of benzene rings is 2. The number of hydrogen-bond acceptors (Lipinski definition) is 5. The Morgan fingerprint density at radius 2 is 1.64 bits per heavy atom. The summed E-state index contributed by atoms with van der Waals surface area (Å²) in [6.45, 7) is 0. The fourth-order valence-electron chi connectivity index (χ4n) is 2.21. The molecule has 2 aromatic carbocycles. The maximum absolute atomic E-state index is 12.3. The number of para-hydroxylation sites is 1. The molecule has 0 radical (unpaired) electrons. The molecule has 7 nitrogen and oxygen atoms in total. The monoisotopic (exact) mass is 360 g/mol. The van der Waals surface area contributed by atoms with E-state index in [4.69, 9.17) is 0 Å². The molecule has 3 rings (SSSR count). The van der Waals surface area contributed by atoms with Crippen molar-refractivity contribution in [2.24, 2.45) is 5.92 Å². The molecule has 0 heterocycles. The van der Waals surface area contributed by atoms with E-state index in [0.29, 0.717) is 5.69 Å². The molecule has 0 unspecified atom stereocenters. The fraction of sp³-hybridized carbons (Fsp3) is 0.176. The molecular weight excluding hydrogens is 344 g/mol. The first-order valence-corrected chi connectivity index (χ1v) is 9.11. The second-order valence-electron chi connectivity index (χ2n) is 5.74. The lowest BCUT2D eigenvalue weighted by atomic mass is 10.2. The number of phenolic OH excluding ortho intramolecular Hbond substituents is 1. The van der Waals surface area contributed by atoms with Crippen LogP contribution in [-0.2, 0) is 14.8 Å². The van der Waals surface area contributed by atoms with Gasteiger partial charge >= 0.3 is 0 Å². The van der Waals surface area contributed by atoms with Crippen molar-refractivity contribution >= 4 is 27.5 Å². The van der Waals surface area contributed by atoms with E-state index in [-0.39, 0.29) is 28.0 Å². The van der Waals surface area contributed by atoms with Crippen LogP contribution in [-0.4, -0.2) is 25.3 Å². The summed E-state index contributed by atoms with van der Waals surface area (Å²) in [4.78, 5) is 23.6. The highest BCUT2D eigenvalue weighted by molar-refractivity contribution is 7.90. The molecule has 0 bridgehead atoms. The van der Waals surface area contributed by atoms with E-state index in [0.717, 1.165) is 12.8 Å². The first-order chi connectivity index (χ1) is 11.9. The zero-order valence-corrected chi connectivity index (χ0v) is 13.9. The Kier molecular flexibility index (Phi) is 4.45. The lowest BCUT2D eigenvalue weighted by Crippen LogP contribution is -2.30. The first kappa shape index (κ1) is 17.0. The van der Waals surface area contributed by atoms with E-state index >= 15 is 0 Å². The minimum atomic E-state index is -4.10. The molecule has 130 valence electrons. The van der Waals surface area contributed by atoms with Gasteiger partial charge in [-0.05, 0) is 49.2 Å². The van der Waals surface area contributed by atoms with Crippen LogP contribution < -0.4 is 10.0 Å². The van der Waals surface area contributed by atoms with Gasteiger partial charge in [-0.15, -0.1) is 0 Å². The molecule has 25 heavy (non-hydrogen) atoms. The van der Waals surface area contributed by atoms with E-state index in [2.05, 4.69) is 5.32 Å². The highest BCUT2D eigenvalue weighted by Gasteiger charge is 2.29. The average molecular weight is 360 g/mol. The predicted octanol–water partition coefficient (Wildman–Crippen LogP) is 1.86. The van der Waals surface area contributed by atoms with Gasteiger partial charge in [0.05, 0.1) is 10.5 Å². The summed E-state index contributed by atoms with van der Waals surface area (Å²) in [6, 6.07) is 11.1. The lowest BCUT2D eigenvalue weighted by molar-refractivity contribution is -0.117. The topological polar surface area (TPSA) is 113 Å². The summed E-state index contributed by atoms with van der Waals surface area (Å²) < 4.78 is 26.5. The maximum Gasteiger partial charge on any atom is 0.268 e. The summed E-state index contributed by atoms with van der Waals surface area (Å²) in [7, 11) is -4.10. The molecule has 2 aromatic rings. The lowest BCUT2D eigenvalue weighted by Gasteiger charge is -2.09. The molecular formula is C17H16N2O5S. The number of sulfonamides is 1. The minimum Gasteiger partial charge on any atom is -0.507 e. The average Bonchev–Trinajstić information content (AvgIpc) is 3.40. The summed E-state index contributed by atoms with van der Waals surface area (Å²) >= 11 is 0. The predicted molar refractivity (Wildman–Crippen MR) is 90.6 cm³/mol. The van der Waals surface area contributed by atoms with Crippen LogP contribution >= 0.6 is 0 Å². The Balaban J connectivity index is 1.72.